The van der Waals surface area contributed by atoms with E-state index in [-0.39, 0.29) is 11.6 Å². The number of nitro groups is 1. The molecule has 0 unspecified atom stereocenters. The Morgan fingerprint density at radius 1 is 1.17 bits per heavy atom. The molecule has 0 aliphatic rings. The lowest BCUT2D eigenvalue weighted by Crippen LogP contribution is -2.27. The Morgan fingerprint density at radius 3 is 2.54 bits per heavy atom. The summed E-state index contributed by atoms with van der Waals surface area (Å²) in [5, 5.41) is 24.2. The Bertz CT molecular complexity index is 726. The Hall–Kier alpha value is -3.29. The number of carbonyl (C=O) groups excluding carboxylic acids is 1. The molecule has 1 aromatic carbocycles. The third-order valence-electron chi connectivity index (χ3n) is 3.06. The average Bonchev–Trinajstić information content (AvgIpc) is 2.59. The first-order valence-electron chi connectivity index (χ1n) is 7.29. The molecule has 8 heteroatoms. The van der Waals surface area contributed by atoms with Crippen LogP contribution in [0.25, 0.3) is 6.08 Å². The maximum absolute atomic E-state index is 11.7. The van der Waals surface area contributed by atoms with Crippen molar-refractivity contribution in [2.75, 3.05) is 18.4 Å². The lowest BCUT2D eigenvalue weighted by atomic mass is 10.2. The first-order valence-corrected chi connectivity index (χ1v) is 7.29. The molecule has 0 saturated heterocycles. The highest BCUT2D eigenvalue weighted by atomic mass is 16.6. The molecule has 0 radical (unpaired) electrons. The second-order valence-electron chi connectivity index (χ2n) is 4.96. The third-order valence-corrected chi connectivity index (χ3v) is 3.06. The van der Waals surface area contributed by atoms with Crippen LogP contribution in [0.4, 0.5) is 11.5 Å². The molecule has 0 aliphatic carbocycles. The second kappa shape index (κ2) is 8.37. The predicted molar refractivity (Wildman–Crippen MR) is 90.4 cm³/mol. The number of aryl methyl sites for hydroxylation is 1. The molecule has 0 spiro atoms. The number of rotatable bonds is 7. The van der Waals surface area contributed by atoms with Gasteiger partial charge in [-0.3, -0.25) is 14.9 Å². The number of nitrogens with zero attached hydrogens (tertiary/aromatic N) is 3. The standard InChI is InChI=1S/C16H17N5O3/c1-12-2-8-15(20-19-12)17-10-11-18-16(22)9-5-13-3-6-14(7-4-13)21(23)24/h2-9H,10-11H2,1H3,(H,17,20)(H,18,22)/b9-5-. The summed E-state index contributed by atoms with van der Waals surface area (Å²) in [6.07, 6.45) is 2.98. The van der Waals surface area contributed by atoms with Gasteiger partial charge < -0.3 is 10.6 Å². The molecule has 2 N–H and O–H groups in total. The summed E-state index contributed by atoms with van der Waals surface area (Å²) >= 11 is 0. The van der Waals surface area contributed by atoms with Crippen LogP contribution in [0.1, 0.15) is 11.3 Å². The van der Waals surface area contributed by atoms with Crippen LogP contribution in [0.15, 0.2) is 42.5 Å². The SMILES string of the molecule is Cc1ccc(NCCNC(=O)/C=C\c2ccc([N+](=O)[O-])cc2)nn1. The molecule has 2 aromatic rings. The topological polar surface area (TPSA) is 110 Å². The quantitative estimate of drug-likeness (QED) is 0.348. The van der Waals surface area contributed by atoms with Gasteiger partial charge in [0.15, 0.2) is 0 Å². The van der Waals surface area contributed by atoms with Crippen LogP contribution < -0.4 is 10.6 Å². The Labute approximate surface area is 138 Å². The molecule has 24 heavy (non-hydrogen) atoms. The highest BCUT2D eigenvalue weighted by molar-refractivity contribution is 5.91. The van der Waals surface area contributed by atoms with Gasteiger partial charge in [-0.1, -0.05) is 0 Å². The van der Waals surface area contributed by atoms with Crippen LogP contribution in [-0.4, -0.2) is 34.1 Å². The van der Waals surface area contributed by atoms with Gasteiger partial charge in [0.25, 0.3) is 5.69 Å². The van der Waals surface area contributed by atoms with Crippen LogP contribution in [-0.2, 0) is 4.79 Å². The van der Waals surface area contributed by atoms with Crippen LogP contribution in [0.3, 0.4) is 0 Å². The van der Waals surface area contributed by atoms with Gasteiger partial charge in [0.1, 0.15) is 5.82 Å². The first-order chi connectivity index (χ1) is 11.5. The van der Waals surface area contributed by atoms with Crippen molar-refractivity contribution in [1.82, 2.24) is 15.5 Å². The number of anilines is 1. The Balaban J connectivity index is 1.72. The molecule has 0 saturated carbocycles. The van der Waals surface area contributed by atoms with E-state index in [1.54, 1.807) is 18.2 Å². The summed E-state index contributed by atoms with van der Waals surface area (Å²) in [7, 11) is 0. The van der Waals surface area contributed by atoms with Crippen molar-refractivity contribution in [3.63, 3.8) is 0 Å². The van der Waals surface area contributed by atoms with Crippen molar-refractivity contribution in [3.05, 3.63) is 63.8 Å². The summed E-state index contributed by atoms with van der Waals surface area (Å²) in [6, 6.07) is 9.62. The van der Waals surface area contributed by atoms with E-state index in [2.05, 4.69) is 20.8 Å². The summed E-state index contributed by atoms with van der Waals surface area (Å²) < 4.78 is 0. The van der Waals surface area contributed by atoms with E-state index < -0.39 is 4.92 Å². The zero-order chi connectivity index (χ0) is 17.4. The number of carbonyl (C=O) groups is 1. The number of nitro benzene ring substituents is 1. The number of amides is 1. The summed E-state index contributed by atoms with van der Waals surface area (Å²) in [6.45, 7) is 2.81. The smallest absolute Gasteiger partial charge is 0.269 e. The normalized spacial score (nSPS) is 10.5. The lowest BCUT2D eigenvalue weighted by molar-refractivity contribution is -0.384. The van der Waals surface area contributed by atoms with E-state index in [1.165, 1.54) is 18.2 Å². The van der Waals surface area contributed by atoms with Gasteiger partial charge >= 0.3 is 0 Å². The lowest BCUT2D eigenvalue weighted by Gasteiger charge is -2.05. The van der Waals surface area contributed by atoms with E-state index in [1.807, 2.05) is 19.1 Å². The van der Waals surface area contributed by atoms with Crippen LogP contribution in [0, 0.1) is 17.0 Å². The first kappa shape index (κ1) is 17.1. The molecule has 0 aliphatic heterocycles. The molecule has 8 nitrogen and oxygen atoms in total. The minimum atomic E-state index is -0.467. The monoisotopic (exact) mass is 327 g/mol. The highest BCUT2D eigenvalue weighted by Crippen LogP contribution is 2.12. The van der Waals surface area contributed by atoms with Gasteiger partial charge in [-0.05, 0) is 42.8 Å². The third kappa shape index (κ3) is 5.48. The fourth-order valence-electron chi connectivity index (χ4n) is 1.81. The molecular weight excluding hydrogens is 310 g/mol. The van der Waals surface area contributed by atoms with E-state index in [4.69, 9.17) is 0 Å². The zero-order valence-electron chi connectivity index (χ0n) is 13.1. The van der Waals surface area contributed by atoms with Crippen LogP contribution in [0.5, 0.6) is 0 Å². The van der Waals surface area contributed by atoms with Gasteiger partial charge in [-0.15, -0.1) is 5.10 Å². The zero-order valence-corrected chi connectivity index (χ0v) is 13.1. The fourth-order valence-corrected chi connectivity index (χ4v) is 1.81. The van der Waals surface area contributed by atoms with Crippen molar-refractivity contribution in [2.45, 2.75) is 6.92 Å². The van der Waals surface area contributed by atoms with Gasteiger partial charge in [-0.25, -0.2) is 0 Å². The number of nitrogens with one attached hydrogen (secondary N) is 2. The number of aromatic nitrogens is 2. The summed E-state index contributed by atoms with van der Waals surface area (Å²) in [5.74, 6) is 0.404. The summed E-state index contributed by atoms with van der Waals surface area (Å²) in [4.78, 5) is 21.8. The molecule has 1 amide bonds. The highest BCUT2D eigenvalue weighted by Gasteiger charge is 2.02. The number of hydrogen-bond acceptors (Lipinski definition) is 6. The minimum absolute atomic E-state index is 0.0156. The summed E-state index contributed by atoms with van der Waals surface area (Å²) in [5.41, 5.74) is 1.57. The van der Waals surface area contributed by atoms with Crippen molar-refractivity contribution in [1.29, 1.82) is 0 Å². The van der Waals surface area contributed by atoms with E-state index >= 15 is 0 Å². The second-order valence-corrected chi connectivity index (χ2v) is 4.96. The maximum atomic E-state index is 11.7. The molecule has 0 fully saturated rings. The largest absolute Gasteiger partial charge is 0.367 e. The Morgan fingerprint density at radius 2 is 1.92 bits per heavy atom. The molecule has 0 bridgehead atoms. The van der Waals surface area contributed by atoms with Crippen molar-refractivity contribution in [2.24, 2.45) is 0 Å². The van der Waals surface area contributed by atoms with Crippen molar-refractivity contribution in [3.8, 4) is 0 Å². The van der Waals surface area contributed by atoms with E-state index in [0.717, 1.165) is 5.69 Å². The van der Waals surface area contributed by atoms with Crippen molar-refractivity contribution < 1.29 is 9.72 Å². The molecule has 0 atom stereocenters. The number of hydrogen-bond donors (Lipinski definition) is 2. The van der Waals surface area contributed by atoms with E-state index in [0.29, 0.717) is 24.5 Å². The molecule has 1 aromatic heterocycles. The molecular formula is C16H17N5O3. The van der Waals surface area contributed by atoms with Gasteiger partial charge in [0, 0.05) is 31.3 Å². The molecule has 124 valence electrons. The molecule has 2 rings (SSSR count). The Kier molecular flexibility index (Phi) is 5.95. The maximum Gasteiger partial charge on any atom is 0.269 e. The van der Waals surface area contributed by atoms with E-state index in [9.17, 15) is 14.9 Å². The van der Waals surface area contributed by atoms with Gasteiger partial charge in [0.05, 0.1) is 10.6 Å². The van der Waals surface area contributed by atoms with Crippen LogP contribution >= 0.6 is 0 Å². The molecule has 1 heterocycles. The fraction of sp³-hybridized carbons (Fsp3) is 0.188. The number of benzene rings is 1. The predicted octanol–water partition coefficient (Wildman–Crippen LogP) is 1.93. The number of non-ortho nitro benzene ring substituents is 1. The van der Waals surface area contributed by atoms with Gasteiger partial charge in [-0.2, -0.15) is 5.10 Å². The van der Waals surface area contributed by atoms with Gasteiger partial charge in [0.2, 0.25) is 5.91 Å². The minimum Gasteiger partial charge on any atom is -0.367 e. The van der Waals surface area contributed by atoms with Crippen molar-refractivity contribution >= 4 is 23.5 Å². The average molecular weight is 327 g/mol. The van der Waals surface area contributed by atoms with Crippen LogP contribution in [0.2, 0.25) is 0 Å².